The van der Waals surface area contributed by atoms with E-state index in [4.69, 9.17) is 14.2 Å². The molecule has 0 radical (unpaired) electrons. The Kier molecular flexibility index (Phi) is 4.40. The number of Topliss-reactive ketones (excluding diaryl/α,β-unsaturated/α-hetero) is 1. The average molecular weight is 389 g/mol. The van der Waals surface area contributed by atoms with Crippen molar-refractivity contribution in [3.8, 4) is 0 Å². The summed E-state index contributed by atoms with van der Waals surface area (Å²) in [6.07, 6.45) is 9.66. The van der Waals surface area contributed by atoms with E-state index in [-0.39, 0.29) is 23.6 Å². The van der Waals surface area contributed by atoms with E-state index in [9.17, 15) is 9.90 Å². The van der Waals surface area contributed by atoms with Gasteiger partial charge in [0, 0.05) is 25.4 Å². The Balaban J connectivity index is 1.45. The Morgan fingerprint density at radius 1 is 1.25 bits per heavy atom. The summed E-state index contributed by atoms with van der Waals surface area (Å²) in [5.41, 5.74) is 2.90. The quantitative estimate of drug-likeness (QED) is 0.804. The molecule has 1 heterocycles. The van der Waals surface area contributed by atoms with Crippen molar-refractivity contribution in [2.75, 3.05) is 26.9 Å². The van der Waals surface area contributed by atoms with E-state index in [1.165, 1.54) is 23.8 Å². The Morgan fingerprint density at radius 2 is 2.04 bits per heavy atom. The zero-order chi connectivity index (χ0) is 19.6. The Morgan fingerprint density at radius 3 is 2.79 bits per heavy atom. The van der Waals surface area contributed by atoms with Gasteiger partial charge in [-0.1, -0.05) is 18.6 Å². The van der Waals surface area contributed by atoms with Crippen molar-refractivity contribution in [1.82, 2.24) is 0 Å². The summed E-state index contributed by atoms with van der Waals surface area (Å²) in [6.45, 7) is 3.55. The number of hydrogen-bond donors (Lipinski definition) is 1. The lowest BCUT2D eigenvalue weighted by atomic mass is 9.55. The van der Waals surface area contributed by atoms with Crippen molar-refractivity contribution in [2.24, 2.45) is 17.3 Å². The van der Waals surface area contributed by atoms with Crippen molar-refractivity contribution in [3.05, 3.63) is 22.8 Å². The fourth-order valence-electron chi connectivity index (χ4n) is 7.02. The van der Waals surface area contributed by atoms with Gasteiger partial charge in [0.2, 0.25) is 0 Å². The third-order valence-electron chi connectivity index (χ3n) is 8.53. The zero-order valence-electron chi connectivity index (χ0n) is 17.1. The predicted molar refractivity (Wildman–Crippen MR) is 104 cm³/mol. The highest BCUT2D eigenvalue weighted by atomic mass is 16.7. The minimum Gasteiger partial charge on any atom is -0.381 e. The highest BCUT2D eigenvalue weighted by Gasteiger charge is 2.63. The predicted octanol–water partition coefficient (Wildman–Crippen LogP) is 3.31. The molecule has 28 heavy (non-hydrogen) atoms. The summed E-state index contributed by atoms with van der Waals surface area (Å²) in [4.78, 5) is 12.7. The summed E-state index contributed by atoms with van der Waals surface area (Å²) >= 11 is 0. The molecule has 0 aromatic carbocycles. The first-order chi connectivity index (χ1) is 13.4. The van der Waals surface area contributed by atoms with E-state index in [0.717, 1.165) is 44.9 Å². The molecule has 154 valence electrons. The van der Waals surface area contributed by atoms with Gasteiger partial charge in [0.25, 0.3) is 0 Å². The molecule has 1 aliphatic heterocycles. The van der Waals surface area contributed by atoms with Crippen LogP contribution in [0.3, 0.4) is 0 Å². The monoisotopic (exact) mass is 388 g/mol. The van der Waals surface area contributed by atoms with Crippen LogP contribution < -0.4 is 0 Å². The number of aliphatic hydroxyl groups is 1. The van der Waals surface area contributed by atoms with Crippen LogP contribution in [0.4, 0.5) is 0 Å². The minimum absolute atomic E-state index is 0.00255. The van der Waals surface area contributed by atoms with Gasteiger partial charge >= 0.3 is 0 Å². The van der Waals surface area contributed by atoms with Crippen molar-refractivity contribution < 1.29 is 24.1 Å². The second-order valence-electron chi connectivity index (χ2n) is 9.65. The van der Waals surface area contributed by atoms with Crippen LogP contribution in [-0.2, 0) is 19.0 Å². The van der Waals surface area contributed by atoms with Crippen molar-refractivity contribution in [3.63, 3.8) is 0 Å². The fraction of sp³-hybridized carbons (Fsp3) is 0.783. The molecule has 1 N–H and O–H groups in total. The number of carbonyl (C=O) groups excluding carboxylic acids is 1. The van der Waals surface area contributed by atoms with Gasteiger partial charge in [-0.2, -0.15) is 0 Å². The molecule has 0 aromatic heterocycles. The van der Waals surface area contributed by atoms with Crippen molar-refractivity contribution in [2.45, 2.75) is 69.7 Å². The maximum absolute atomic E-state index is 12.7. The molecule has 5 heteroatoms. The molecule has 1 saturated heterocycles. The SMILES string of the molecule is COCC(=O)[C@@]1(O)CCC2C3CCC4=C(CCC5(C4)OCCO5)C3=CC[C@@]21C. The van der Waals surface area contributed by atoms with E-state index < -0.39 is 5.60 Å². The van der Waals surface area contributed by atoms with E-state index in [2.05, 4.69) is 13.0 Å². The number of fused-ring (bicyclic) bond motifs is 4. The summed E-state index contributed by atoms with van der Waals surface area (Å²) in [6, 6.07) is 0. The highest BCUT2D eigenvalue weighted by molar-refractivity contribution is 5.89. The smallest absolute Gasteiger partial charge is 0.190 e. The summed E-state index contributed by atoms with van der Waals surface area (Å²) in [5, 5.41) is 11.4. The number of ether oxygens (including phenoxy) is 3. The molecule has 5 rings (SSSR count). The zero-order valence-corrected chi connectivity index (χ0v) is 17.1. The molecule has 0 aromatic rings. The topological polar surface area (TPSA) is 65.0 Å². The first kappa shape index (κ1) is 19.0. The number of ketones is 1. The van der Waals surface area contributed by atoms with Crippen LogP contribution in [0, 0.1) is 17.3 Å². The van der Waals surface area contributed by atoms with Crippen molar-refractivity contribution in [1.29, 1.82) is 0 Å². The van der Waals surface area contributed by atoms with Crippen LogP contribution >= 0.6 is 0 Å². The van der Waals surface area contributed by atoms with Gasteiger partial charge in [0.1, 0.15) is 12.2 Å². The average Bonchev–Trinajstić information content (AvgIpc) is 3.24. The lowest BCUT2D eigenvalue weighted by molar-refractivity contribution is -0.164. The van der Waals surface area contributed by atoms with Gasteiger partial charge in [0.15, 0.2) is 11.6 Å². The van der Waals surface area contributed by atoms with Crippen LogP contribution in [0.1, 0.15) is 58.3 Å². The molecule has 0 bridgehead atoms. The van der Waals surface area contributed by atoms with Gasteiger partial charge < -0.3 is 19.3 Å². The first-order valence-corrected chi connectivity index (χ1v) is 10.9. The fourth-order valence-corrected chi connectivity index (χ4v) is 7.02. The number of methoxy groups -OCH3 is 1. The second kappa shape index (κ2) is 6.49. The molecule has 1 spiro atoms. The summed E-state index contributed by atoms with van der Waals surface area (Å²) < 4.78 is 17.0. The van der Waals surface area contributed by atoms with Gasteiger partial charge in [-0.05, 0) is 61.5 Å². The van der Waals surface area contributed by atoms with Gasteiger partial charge in [-0.15, -0.1) is 0 Å². The lowest BCUT2D eigenvalue weighted by Crippen LogP contribution is -2.54. The second-order valence-corrected chi connectivity index (χ2v) is 9.65. The van der Waals surface area contributed by atoms with Crippen LogP contribution in [0.2, 0.25) is 0 Å². The number of rotatable bonds is 3. The Hall–Kier alpha value is -1.01. The third-order valence-corrected chi connectivity index (χ3v) is 8.53. The molecule has 2 fully saturated rings. The number of allylic oxidation sites excluding steroid dienone is 3. The normalized spacial score (nSPS) is 41.5. The maximum atomic E-state index is 12.7. The van der Waals surface area contributed by atoms with E-state index in [0.29, 0.717) is 31.5 Å². The molecule has 5 aliphatic rings. The molecular formula is C23H32O5. The Labute approximate surface area is 167 Å². The number of hydrogen-bond acceptors (Lipinski definition) is 5. The molecular weight excluding hydrogens is 356 g/mol. The van der Waals surface area contributed by atoms with Crippen LogP contribution in [0.5, 0.6) is 0 Å². The number of carbonyl (C=O) groups is 1. The summed E-state index contributed by atoms with van der Waals surface area (Å²) in [5.74, 6) is 0.307. The van der Waals surface area contributed by atoms with E-state index in [1.807, 2.05) is 0 Å². The van der Waals surface area contributed by atoms with Crippen molar-refractivity contribution >= 4 is 5.78 Å². The molecule has 1 saturated carbocycles. The van der Waals surface area contributed by atoms with Gasteiger partial charge in [-0.25, -0.2) is 0 Å². The van der Waals surface area contributed by atoms with E-state index in [1.54, 1.807) is 0 Å². The molecule has 4 atom stereocenters. The third kappa shape index (κ3) is 2.49. The first-order valence-electron chi connectivity index (χ1n) is 10.9. The van der Waals surface area contributed by atoms with E-state index >= 15 is 0 Å². The van der Waals surface area contributed by atoms with Crippen LogP contribution in [0.25, 0.3) is 0 Å². The molecule has 2 unspecified atom stereocenters. The molecule has 0 amide bonds. The van der Waals surface area contributed by atoms with Crippen LogP contribution in [0.15, 0.2) is 22.8 Å². The maximum Gasteiger partial charge on any atom is 0.190 e. The largest absolute Gasteiger partial charge is 0.381 e. The molecule has 4 aliphatic carbocycles. The minimum atomic E-state index is -1.26. The highest BCUT2D eigenvalue weighted by Crippen LogP contribution is 2.63. The van der Waals surface area contributed by atoms with Gasteiger partial charge in [-0.3, -0.25) is 4.79 Å². The lowest BCUT2D eigenvalue weighted by Gasteiger charge is -2.50. The van der Waals surface area contributed by atoms with Crippen LogP contribution in [-0.4, -0.2) is 49.2 Å². The Bertz CT molecular complexity index is 746. The molecule has 5 nitrogen and oxygen atoms in total. The summed E-state index contributed by atoms with van der Waals surface area (Å²) in [7, 11) is 1.53. The standard InChI is InChI=1S/C23H32O5/c1-21-8-5-17-16-6-9-22(27-11-12-28-22)13-15(16)3-4-18(17)19(21)7-10-23(21,25)20(24)14-26-2/h5,18-19,25H,3-4,6-14H2,1-2H3/t18?,19?,21-,23-/m0/s1. The van der Waals surface area contributed by atoms with Gasteiger partial charge in [0.05, 0.1) is 13.2 Å².